The Morgan fingerprint density at radius 2 is 2.23 bits per heavy atom. The highest BCUT2D eigenvalue weighted by Crippen LogP contribution is 2.30. The molecule has 6 heteroatoms. The minimum atomic E-state index is -0.426. The molecule has 6 nitrogen and oxygen atoms in total. The van der Waals surface area contributed by atoms with Gasteiger partial charge in [-0.25, -0.2) is 9.67 Å². The van der Waals surface area contributed by atoms with E-state index in [0.717, 1.165) is 33.7 Å². The normalized spacial score (nSPS) is 12.7. The Balaban J connectivity index is 2.07. The van der Waals surface area contributed by atoms with E-state index >= 15 is 0 Å². The number of aliphatic hydroxyl groups is 1. The lowest BCUT2D eigenvalue weighted by Crippen LogP contribution is -2.16. The quantitative estimate of drug-likeness (QED) is 0.759. The largest absolute Gasteiger partial charge is 0.497 e. The molecule has 1 atom stereocenters. The third kappa shape index (κ3) is 2.46. The predicted octanol–water partition coefficient (Wildman–Crippen LogP) is 2.51. The number of aliphatic hydroxyl groups excluding tert-OH is 1. The van der Waals surface area contributed by atoms with Gasteiger partial charge in [-0.2, -0.15) is 5.10 Å². The molecule has 3 aromatic rings. The van der Waals surface area contributed by atoms with Gasteiger partial charge in [0.1, 0.15) is 12.1 Å². The highest BCUT2D eigenvalue weighted by Gasteiger charge is 2.16. The molecule has 3 rings (SSSR count). The number of H-pyrrole nitrogens is 1. The zero-order valence-corrected chi connectivity index (χ0v) is 13.0. The Morgan fingerprint density at radius 3 is 2.95 bits per heavy atom. The molecule has 0 saturated heterocycles. The summed E-state index contributed by atoms with van der Waals surface area (Å²) in [4.78, 5) is 7.74. The van der Waals surface area contributed by atoms with E-state index in [1.165, 1.54) is 6.33 Å². The number of fused-ring (bicyclic) bond motifs is 1. The van der Waals surface area contributed by atoms with Crippen LogP contribution in [0.5, 0.6) is 5.75 Å². The third-order valence-corrected chi connectivity index (χ3v) is 3.96. The third-order valence-electron chi connectivity index (χ3n) is 3.96. The standard InChI is InChI=1S/C16H20N4O2/c1-4-11(21)8-20-16(17-9-18-20)15-10(2)13-7-12(22-3)5-6-14(13)19-15/h5-7,9,11,19,21H,4,8H2,1-3H3/t11-/m1/s1. The van der Waals surface area contributed by atoms with Crippen LogP contribution in [-0.2, 0) is 6.54 Å². The molecule has 0 bridgehead atoms. The second-order valence-electron chi connectivity index (χ2n) is 5.36. The molecule has 2 N–H and O–H groups in total. The number of aromatic amines is 1. The number of nitrogens with zero attached hydrogens (tertiary/aromatic N) is 3. The van der Waals surface area contributed by atoms with Crippen LogP contribution in [0, 0.1) is 6.92 Å². The van der Waals surface area contributed by atoms with E-state index in [9.17, 15) is 5.11 Å². The van der Waals surface area contributed by atoms with Crippen molar-refractivity contribution in [2.45, 2.75) is 32.9 Å². The molecule has 0 amide bonds. The maximum Gasteiger partial charge on any atom is 0.174 e. The minimum Gasteiger partial charge on any atom is -0.497 e. The summed E-state index contributed by atoms with van der Waals surface area (Å²) < 4.78 is 7.03. The molecular weight excluding hydrogens is 280 g/mol. The van der Waals surface area contributed by atoms with E-state index < -0.39 is 6.10 Å². The summed E-state index contributed by atoms with van der Waals surface area (Å²) in [5, 5.41) is 15.2. The zero-order chi connectivity index (χ0) is 15.7. The number of benzene rings is 1. The average molecular weight is 300 g/mol. The zero-order valence-electron chi connectivity index (χ0n) is 13.0. The van der Waals surface area contributed by atoms with Gasteiger partial charge in [0.05, 0.1) is 25.5 Å². The molecule has 2 aromatic heterocycles. The van der Waals surface area contributed by atoms with E-state index in [2.05, 4.69) is 15.1 Å². The summed E-state index contributed by atoms with van der Waals surface area (Å²) >= 11 is 0. The van der Waals surface area contributed by atoms with Gasteiger partial charge in [-0.05, 0) is 37.1 Å². The Bertz CT molecular complexity index is 791. The van der Waals surface area contributed by atoms with E-state index in [4.69, 9.17) is 4.74 Å². The second kappa shape index (κ2) is 5.81. The van der Waals surface area contributed by atoms with Crippen molar-refractivity contribution in [3.63, 3.8) is 0 Å². The Morgan fingerprint density at radius 1 is 1.41 bits per heavy atom. The van der Waals surface area contributed by atoms with Gasteiger partial charge >= 0.3 is 0 Å². The van der Waals surface area contributed by atoms with Crippen LogP contribution < -0.4 is 4.74 Å². The van der Waals surface area contributed by atoms with Crippen molar-refractivity contribution in [3.8, 4) is 17.3 Å². The first-order valence-corrected chi connectivity index (χ1v) is 7.36. The number of nitrogens with one attached hydrogen (secondary N) is 1. The average Bonchev–Trinajstić information content (AvgIpc) is 3.11. The summed E-state index contributed by atoms with van der Waals surface area (Å²) in [6, 6.07) is 5.92. The summed E-state index contributed by atoms with van der Waals surface area (Å²) in [6.07, 6.45) is 1.77. The van der Waals surface area contributed by atoms with Crippen molar-refractivity contribution in [2.75, 3.05) is 7.11 Å². The van der Waals surface area contributed by atoms with Crippen LogP contribution in [0.3, 0.4) is 0 Å². The van der Waals surface area contributed by atoms with Crippen LogP contribution in [0.25, 0.3) is 22.4 Å². The van der Waals surface area contributed by atoms with Crippen LogP contribution in [0.1, 0.15) is 18.9 Å². The lowest BCUT2D eigenvalue weighted by molar-refractivity contribution is 0.146. The van der Waals surface area contributed by atoms with Crippen molar-refractivity contribution >= 4 is 10.9 Å². The van der Waals surface area contributed by atoms with Gasteiger partial charge in [0.25, 0.3) is 0 Å². The molecular formula is C16H20N4O2. The van der Waals surface area contributed by atoms with Crippen molar-refractivity contribution in [1.29, 1.82) is 0 Å². The number of hydrogen-bond donors (Lipinski definition) is 2. The number of rotatable bonds is 5. The minimum absolute atomic E-state index is 0.426. The van der Waals surface area contributed by atoms with Crippen molar-refractivity contribution in [1.82, 2.24) is 19.7 Å². The fraction of sp³-hybridized carbons (Fsp3) is 0.375. The first kappa shape index (κ1) is 14.6. The van der Waals surface area contributed by atoms with Crippen LogP contribution >= 0.6 is 0 Å². The van der Waals surface area contributed by atoms with E-state index in [0.29, 0.717) is 13.0 Å². The van der Waals surface area contributed by atoms with Crippen LogP contribution in [0.2, 0.25) is 0 Å². The first-order valence-electron chi connectivity index (χ1n) is 7.36. The molecule has 0 saturated carbocycles. The fourth-order valence-corrected chi connectivity index (χ4v) is 2.58. The number of aryl methyl sites for hydroxylation is 1. The fourth-order valence-electron chi connectivity index (χ4n) is 2.58. The molecule has 0 aliphatic heterocycles. The van der Waals surface area contributed by atoms with Crippen molar-refractivity contribution in [3.05, 3.63) is 30.1 Å². The van der Waals surface area contributed by atoms with E-state index in [1.807, 2.05) is 32.0 Å². The van der Waals surface area contributed by atoms with E-state index in [-0.39, 0.29) is 0 Å². The van der Waals surface area contributed by atoms with Crippen LogP contribution in [-0.4, -0.2) is 38.1 Å². The molecule has 0 aliphatic carbocycles. The summed E-state index contributed by atoms with van der Waals surface area (Å²) in [5.41, 5.74) is 3.04. The van der Waals surface area contributed by atoms with Crippen molar-refractivity contribution < 1.29 is 9.84 Å². The molecule has 1 aromatic carbocycles. The molecule has 116 valence electrons. The van der Waals surface area contributed by atoms with Crippen LogP contribution in [0.4, 0.5) is 0 Å². The lowest BCUT2D eigenvalue weighted by Gasteiger charge is -2.09. The highest BCUT2D eigenvalue weighted by atomic mass is 16.5. The smallest absolute Gasteiger partial charge is 0.174 e. The van der Waals surface area contributed by atoms with Gasteiger partial charge < -0.3 is 14.8 Å². The molecule has 0 fully saturated rings. The van der Waals surface area contributed by atoms with Gasteiger partial charge in [0.2, 0.25) is 0 Å². The monoisotopic (exact) mass is 300 g/mol. The molecule has 0 radical (unpaired) electrons. The second-order valence-corrected chi connectivity index (χ2v) is 5.36. The van der Waals surface area contributed by atoms with E-state index in [1.54, 1.807) is 11.8 Å². The summed E-state index contributed by atoms with van der Waals surface area (Å²) in [5.74, 6) is 1.56. The maximum atomic E-state index is 9.86. The molecule has 2 heterocycles. The van der Waals surface area contributed by atoms with Gasteiger partial charge in [-0.1, -0.05) is 6.92 Å². The number of methoxy groups -OCH3 is 1. The molecule has 0 spiro atoms. The van der Waals surface area contributed by atoms with Gasteiger partial charge in [0.15, 0.2) is 5.82 Å². The lowest BCUT2D eigenvalue weighted by atomic mass is 10.1. The molecule has 0 aliphatic rings. The Labute approximate surface area is 128 Å². The summed E-state index contributed by atoms with van der Waals surface area (Å²) in [7, 11) is 1.66. The Hall–Kier alpha value is -2.34. The maximum absolute atomic E-state index is 9.86. The number of ether oxygens (including phenoxy) is 1. The Kier molecular flexibility index (Phi) is 3.85. The van der Waals surface area contributed by atoms with Gasteiger partial charge in [-0.3, -0.25) is 0 Å². The topological polar surface area (TPSA) is 76.0 Å². The molecule has 0 unspecified atom stereocenters. The van der Waals surface area contributed by atoms with Gasteiger partial charge in [0, 0.05) is 10.9 Å². The number of hydrogen-bond acceptors (Lipinski definition) is 4. The summed E-state index contributed by atoms with van der Waals surface area (Å²) in [6.45, 7) is 4.43. The number of aromatic nitrogens is 4. The first-order chi connectivity index (χ1) is 10.6. The predicted molar refractivity (Wildman–Crippen MR) is 84.9 cm³/mol. The van der Waals surface area contributed by atoms with Crippen LogP contribution in [0.15, 0.2) is 24.5 Å². The van der Waals surface area contributed by atoms with Gasteiger partial charge in [-0.15, -0.1) is 0 Å². The SMILES string of the molecule is CC[C@@H](O)Cn1ncnc1-c1[nH]c2ccc(OC)cc2c1C. The molecule has 22 heavy (non-hydrogen) atoms. The van der Waals surface area contributed by atoms with Crippen molar-refractivity contribution in [2.24, 2.45) is 0 Å². The highest BCUT2D eigenvalue weighted by molar-refractivity contribution is 5.90.